The number of piperazine rings is 1. The van der Waals surface area contributed by atoms with Crippen LogP contribution in [-0.2, 0) is 0 Å². The Labute approximate surface area is 49.8 Å². The molecular weight excluding hydrogens is 102 g/mol. The first-order valence-electron chi connectivity index (χ1n) is 3.02. The molecule has 0 amide bonds. The zero-order chi connectivity index (χ0) is 5.98. The first-order chi connectivity index (χ1) is 3.79. The molecule has 1 aliphatic heterocycles. The second-order valence-corrected chi connectivity index (χ2v) is 2.35. The molecule has 0 spiro atoms. The van der Waals surface area contributed by atoms with Gasteiger partial charge in [0.1, 0.15) is 0 Å². The van der Waals surface area contributed by atoms with Gasteiger partial charge in [-0.15, -0.1) is 0 Å². The number of rotatable bonds is 0. The van der Waals surface area contributed by atoms with E-state index in [4.69, 9.17) is 5.84 Å². The summed E-state index contributed by atoms with van der Waals surface area (Å²) in [6, 6.07) is 0.564. The van der Waals surface area contributed by atoms with Crippen molar-refractivity contribution in [1.29, 1.82) is 0 Å². The van der Waals surface area contributed by atoms with Crippen LogP contribution in [0.15, 0.2) is 0 Å². The van der Waals surface area contributed by atoms with Gasteiger partial charge in [0.25, 0.3) is 0 Å². The van der Waals surface area contributed by atoms with Crippen LogP contribution >= 0.6 is 0 Å². The Morgan fingerprint density at radius 3 is 2.88 bits per heavy atom. The second kappa shape index (κ2) is 2.44. The maximum atomic E-state index is 5.52. The van der Waals surface area contributed by atoms with E-state index in [2.05, 4.69) is 12.2 Å². The SMILES string of the molecule is C[C@H]1CN(N)CCN1. The average molecular weight is 115 g/mol. The molecule has 3 nitrogen and oxygen atoms in total. The quantitative estimate of drug-likeness (QED) is 0.404. The Morgan fingerprint density at radius 1 is 1.75 bits per heavy atom. The van der Waals surface area contributed by atoms with Crippen LogP contribution in [-0.4, -0.2) is 30.7 Å². The van der Waals surface area contributed by atoms with E-state index in [1.54, 1.807) is 0 Å². The van der Waals surface area contributed by atoms with Crippen molar-refractivity contribution in [2.75, 3.05) is 19.6 Å². The first-order valence-corrected chi connectivity index (χ1v) is 3.02. The van der Waals surface area contributed by atoms with Crippen molar-refractivity contribution in [1.82, 2.24) is 10.3 Å². The lowest BCUT2D eigenvalue weighted by molar-refractivity contribution is 0.212. The van der Waals surface area contributed by atoms with Crippen molar-refractivity contribution in [3.8, 4) is 0 Å². The Bertz CT molecular complexity index is 66.1. The van der Waals surface area contributed by atoms with E-state index in [9.17, 15) is 0 Å². The molecule has 8 heavy (non-hydrogen) atoms. The van der Waals surface area contributed by atoms with Crippen molar-refractivity contribution >= 4 is 0 Å². The smallest absolute Gasteiger partial charge is 0.0280 e. The van der Waals surface area contributed by atoms with Gasteiger partial charge >= 0.3 is 0 Å². The number of nitrogens with two attached hydrogens (primary N) is 1. The Morgan fingerprint density at radius 2 is 2.50 bits per heavy atom. The number of hydrazine groups is 1. The van der Waals surface area contributed by atoms with E-state index in [-0.39, 0.29) is 0 Å². The Kier molecular flexibility index (Phi) is 1.83. The zero-order valence-electron chi connectivity index (χ0n) is 5.22. The van der Waals surface area contributed by atoms with Crippen molar-refractivity contribution in [2.24, 2.45) is 5.84 Å². The molecule has 0 aromatic carbocycles. The molecule has 0 aromatic heterocycles. The fourth-order valence-corrected chi connectivity index (χ4v) is 0.962. The van der Waals surface area contributed by atoms with E-state index in [1.807, 2.05) is 5.01 Å². The van der Waals surface area contributed by atoms with Gasteiger partial charge in [-0.2, -0.15) is 0 Å². The summed E-state index contributed by atoms with van der Waals surface area (Å²) in [7, 11) is 0. The van der Waals surface area contributed by atoms with Gasteiger partial charge in [-0.05, 0) is 6.92 Å². The summed E-state index contributed by atoms with van der Waals surface area (Å²) in [5.74, 6) is 5.52. The van der Waals surface area contributed by atoms with Gasteiger partial charge in [-0.25, -0.2) is 5.01 Å². The van der Waals surface area contributed by atoms with Gasteiger partial charge in [-0.1, -0.05) is 0 Å². The lowest BCUT2D eigenvalue weighted by Gasteiger charge is -2.27. The van der Waals surface area contributed by atoms with E-state index < -0.39 is 0 Å². The molecule has 0 radical (unpaired) electrons. The predicted molar refractivity (Wildman–Crippen MR) is 33.2 cm³/mol. The summed E-state index contributed by atoms with van der Waals surface area (Å²) < 4.78 is 0. The highest BCUT2D eigenvalue weighted by molar-refractivity contribution is 4.70. The largest absolute Gasteiger partial charge is 0.312 e. The van der Waals surface area contributed by atoms with Crippen molar-refractivity contribution < 1.29 is 0 Å². The van der Waals surface area contributed by atoms with E-state index in [0.717, 1.165) is 19.6 Å². The molecule has 3 N–H and O–H groups in total. The van der Waals surface area contributed by atoms with Crippen LogP contribution in [0, 0.1) is 0 Å². The third-order valence-corrected chi connectivity index (χ3v) is 1.40. The fraction of sp³-hybridized carbons (Fsp3) is 1.00. The molecule has 3 heteroatoms. The lowest BCUT2D eigenvalue weighted by Crippen LogP contribution is -2.51. The standard InChI is InChI=1S/C5H13N3/c1-5-4-8(6)3-2-7-5/h5,7H,2-4,6H2,1H3/t5-/m0/s1. The first kappa shape index (κ1) is 6.01. The second-order valence-electron chi connectivity index (χ2n) is 2.35. The summed E-state index contributed by atoms with van der Waals surface area (Å²) in [5, 5.41) is 5.14. The van der Waals surface area contributed by atoms with E-state index in [1.165, 1.54) is 0 Å². The van der Waals surface area contributed by atoms with Crippen molar-refractivity contribution in [3.63, 3.8) is 0 Å². The van der Waals surface area contributed by atoms with Crippen LogP contribution in [0.2, 0.25) is 0 Å². The van der Waals surface area contributed by atoms with Crippen LogP contribution in [0.4, 0.5) is 0 Å². The molecule has 1 rings (SSSR count). The molecule has 1 aliphatic rings. The normalized spacial score (nSPS) is 33.0. The number of nitrogens with zero attached hydrogens (tertiary/aromatic N) is 1. The van der Waals surface area contributed by atoms with Gasteiger partial charge < -0.3 is 5.32 Å². The summed E-state index contributed by atoms with van der Waals surface area (Å²) in [4.78, 5) is 0. The number of nitrogens with one attached hydrogen (secondary N) is 1. The van der Waals surface area contributed by atoms with Crippen molar-refractivity contribution in [2.45, 2.75) is 13.0 Å². The lowest BCUT2D eigenvalue weighted by atomic mass is 10.3. The molecule has 1 saturated heterocycles. The third kappa shape index (κ3) is 1.43. The van der Waals surface area contributed by atoms with Crippen molar-refractivity contribution in [3.05, 3.63) is 0 Å². The minimum absolute atomic E-state index is 0.564. The summed E-state index contributed by atoms with van der Waals surface area (Å²) >= 11 is 0. The molecule has 0 aromatic rings. The van der Waals surface area contributed by atoms with Gasteiger partial charge in [0.05, 0.1) is 0 Å². The number of hydrogen-bond donors (Lipinski definition) is 2. The van der Waals surface area contributed by atoms with Crippen LogP contribution in [0.5, 0.6) is 0 Å². The molecule has 0 unspecified atom stereocenters. The van der Waals surface area contributed by atoms with Crippen LogP contribution < -0.4 is 11.2 Å². The average Bonchev–Trinajstić information content (AvgIpc) is 1.64. The maximum absolute atomic E-state index is 5.52. The summed E-state index contributed by atoms with van der Waals surface area (Å²) in [6.07, 6.45) is 0. The zero-order valence-corrected chi connectivity index (χ0v) is 5.22. The van der Waals surface area contributed by atoms with Gasteiger partial charge in [0.15, 0.2) is 0 Å². The minimum Gasteiger partial charge on any atom is -0.312 e. The molecular formula is C5H13N3. The topological polar surface area (TPSA) is 41.3 Å². The monoisotopic (exact) mass is 115 g/mol. The summed E-state index contributed by atoms with van der Waals surface area (Å²) in [5.41, 5.74) is 0. The van der Waals surface area contributed by atoms with Crippen LogP contribution in [0.1, 0.15) is 6.92 Å². The third-order valence-electron chi connectivity index (χ3n) is 1.40. The highest BCUT2D eigenvalue weighted by Crippen LogP contribution is 1.89. The molecule has 0 bridgehead atoms. The maximum Gasteiger partial charge on any atom is 0.0280 e. The molecule has 48 valence electrons. The summed E-state index contributed by atoms with van der Waals surface area (Å²) in [6.45, 7) is 5.11. The van der Waals surface area contributed by atoms with Gasteiger partial charge in [0, 0.05) is 25.7 Å². The number of hydrogen-bond acceptors (Lipinski definition) is 3. The Hall–Kier alpha value is -0.120. The van der Waals surface area contributed by atoms with Crippen LogP contribution in [0.25, 0.3) is 0 Å². The van der Waals surface area contributed by atoms with E-state index >= 15 is 0 Å². The van der Waals surface area contributed by atoms with Gasteiger partial charge in [-0.3, -0.25) is 5.84 Å². The van der Waals surface area contributed by atoms with E-state index in [0.29, 0.717) is 6.04 Å². The molecule has 0 aliphatic carbocycles. The molecule has 1 fully saturated rings. The highest BCUT2D eigenvalue weighted by atomic mass is 15.4. The van der Waals surface area contributed by atoms with Gasteiger partial charge in [0.2, 0.25) is 0 Å². The molecule has 1 heterocycles. The molecule has 1 atom stereocenters. The minimum atomic E-state index is 0.564. The Balaban J connectivity index is 2.23. The molecule has 0 saturated carbocycles. The fourth-order valence-electron chi connectivity index (χ4n) is 0.962. The predicted octanol–water partition coefficient (Wildman–Crippen LogP) is -0.846. The highest BCUT2D eigenvalue weighted by Gasteiger charge is 2.10. The van der Waals surface area contributed by atoms with Crippen LogP contribution in [0.3, 0.4) is 0 Å².